The molecule has 1 unspecified atom stereocenters. The largest absolute Gasteiger partial charge is 0.360 e. The van der Waals surface area contributed by atoms with Crippen molar-refractivity contribution in [3.63, 3.8) is 0 Å². The minimum Gasteiger partial charge on any atom is -0.360 e. The minimum absolute atomic E-state index is 0.102. The number of nitrogens with zero attached hydrogens (tertiary/aromatic N) is 3. The van der Waals surface area contributed by atoms with Gasteiger partial charge in [-0.3, -0.25) is 9.69 Å². The van der Waals surface area contributed by atoms with Crippen LogP contribution < -0.4 is 5.32 Å². The van der Waals surface area contributed by atoms with E-state index in [0.717, 1.165) is 5.56 Å². The van der Waals surface area contributed by atoms with Crippen LogP contribution in [0.4, 0.5) is 0 Å². The normalized spacial score (nSPS) is 17.2. The molecule has 0 bridgehead atoms. The lowest BCUT2D eigenvalue weighted by Gasteiger charge is -2.33. The van der Waals surface area contributed by atoms with E-state index in [1.165, 1.54) is 4.31 Å². The summed E-state index contributed by atoms with van der Waals surface area (Å²) in [5.74, 6) is 0.190. The molecule has 1 aliphatic heterocycles. The fourth-order valence-electron chi connectivity index (χ4n) is 3.42. The predicted molar refractivity (Wildman–Crippen MR) is 109 cm³/mol. The molecule has 1 aliphatic rings. The Labute approximate surface area is 175 Å². The van der Waals surface area contributed by atoms with Gasteiger partial charge < -0.3 is 9.84 Å². The monoisotopic (exact) mass is 440 g/mol. The highest BCUT2D eigenvalue weighted by atomic mass is 35.5. The number of nitrogens with one attached hydrogen (secondary N) is 1. The number of aromatic nitrogens is 1. The van der Waals surface area contributed by atoms with E-state index in [4.69, 9.17) is 16.1 Å². The highest BCUT2D eigenvalue weighted by Gasteiger charge is 2.33. The zero-order chi connectivity index (χ0) is 21.2. The summed E-state index contributed by atoms with van der Waals surface area (Å²) in [4.78, 5) is 14.5. The van der Waals surface area contributed by atoms with Crippen molar-refractivity contribution in [1.29, 1.82) is 0 Å². The summed E-state index contributed by atoms with van der Waals surface area (Å²) in [6.45, 7) is 6.92. The average molecular weight is 441 g/mol. The molecule has 1 saturated heterocycles. The molecule has 0 spiro atoms. The molecule has 158 valence electrons. The summed E-state index contributed by atoms with van der Waals surface area (Å²) in [6.07, 6.45) is 0. The Balaban J connectivity index is 1.53. The first-order valence-corrected chi connectivity index (χ1v) is 11.2. The first-order chi connectivity index (χ1) is 13.7. The summed E-state index contributed by atoms with van der Waals surface area (Å²) >= 11 is 5.90. The fraction of sp³-hybridized carbons (Fsp3) is 0.474. The maximum atomic E-state index is 12.9. The van der Waals surface area contributed by atoms with E-state index in [0.29, 0.717) is 42.7 Å². The first kappa shape index (κ1) is 21.8. The van der Waals surface area contributed by atoms with E-state index in [1.54, 1.807) is 26.0 Å². The Morgan fingerprint density at radius 3 is 2.38 bits per heavy atom. The van der Waals surface area contributed by atoms with Crippen LogP contribution in [0.3, 0.4) is 0 Å². The summed E-state index contributed by atoms with van der Waals surface area (Å²) in [5, 5.41) is 7.35. The number of sulfonamides is 1. The number of benzene rings is 1. The van der Waals surface area contributed by atoms with Crippen LogP contribution in [0.5, 0.6) is 0 Å². The molecule has 1 aromatic carbocycles. The molecule has 10 heteroatoms. The fourth-order valence-corrected chi connectivity index (χ4v) is 5.26. The van der Waals surface area contributed by atoms with Gasteiger partial charge in [0.05, 0.1) is 12.6 Å². The third-order valence-electron chi connectivity index (χ3n) is 5.01. The van der Waals surface area contributed by atoms with Crippen LogP contribution in [0.25, 0.3) is 0 Å². The lowest BCUT2D eigenvalue weighted by Crippen LogP contribution is -2.51. The highest BCUT2D eigenvalue weighted by molar-refractivity contribution is 7.89. The summed E-state index contributed by atoms with van der Waals surface area (Å²) in [6, 6.07) is 7.20. The van der Waals surface area contributed by atoms with E-state index in [2.05, 4.69) is 10.5 Å². The van der Waals surface area contributed by atoms with Crippen LogP contribution in [0.2, 0.25) is 5.02 Å². The first-order valence-electron chi connectivity index (χ1n) is 9.38. The number of carbonyl (C=O) groups is 1. The Bertz CT molecular complexity index is 947. The molecule has 0 radical (unpaired) electrons. The number of piperazine rings is 1. The molecule has 2 heterocycles. The minimum atomic E-state index is -3.65. The number of hydrogen-bond acceptors (Lipinski definition) is 6. The molecule has 1 atom stereocenters. The van der Waals surface area contributed by atoms with Crippen LogP contribution in [0, 0.1) is 13.8 Å². The number of halogens is 1. The van der Waals surface area contributed by atoms with Gasteiger partial charge in [0, 0.05) is 31.2 Å². The summed E-state index contributed by atoms with van der Waals surface area (Å²) in [5.41, 5.74) is 1.33. The highest BCUT2D eigenvalue weighted by Crippen LogP contribution is 2.24. The molecule has 3 rings (SSSR count). The van der Waals surface area contributed by atoms with Crippen molar-refractivity contribution < 1.29 is 17.7 Å². The number of aryl methyl sites for hydroxylation is 2. The van der Waals surface area contributed by atoms with E-state index in [9.17, 15) is 13.2 Å². The zero-order valence-corrected chi connectivity index (χ0v) is 18.3. The lowest BCUT2D eigenvalue weighted by atomic mass is 10.1. The van der Waals surface area contributed by atoms with Gasteiger partial charge in [0.1, 0.15) is 10.6 Å². The van der Waals surface area contributed by atoms with Gasteiger partial charge >= 0.3 is 0 Å². The predicted octanol–water partition coefficient (Wildman–Crippen LogP) is 2.13. The Kier molecular flexibility index (Phi) is 6.62. The topological polar surface area (TPSA) is 95.8 Å². The average Bonchev–Trinajstić information content (AvgIpc) is 3.01. The Morgan fingerprint density at radius 2 is 1.83 bits per heavy atom. The van der Waals surface area contributed by atoms with Gasteiger partial charge in [-0.1, -0.05) is 28.9 Å². The van der Waals surface area contributed by atoms with Crippen molar-refractivity contribution in [2.75, 3.05) is 32.7 Å². The van der Waals surface area contributed by atoms with Gasteiger partial charge in [0.25, 0.3) is 0 Å². The maximum absolute atomic E-state index is 12.9. The Morgan fingerprint density at radius 1 is 1.21 bits per heavy atom. The lowest BCUT2D eigenvalue weighted by molar-refractivity contribution is -0.123. The third-order valence-corrected chi connectivity index (χ3v) is 7.41. The molecule has 1 fully saturated rings. The van der Waals surface area contributed by atoms with Crippen molar-refractivity contribution in [3.8, 4) is 0 Å². The molecule has 1 aromatic heterocycles. The van der Waals surface area contributed by atoms with Gasteiger partial charge in [-0.25, -0.2) is 8.42 Å². The molecule has 8 nitrogen and oxygen atoms in total. The van der Waals surface area contributed by atoms with E-state index < -0.39 is 10.0 Å². The molecule has 1 amide bonds. The summed E-state index contributed by atoms with van der Waals surface area (Å²) in [7, 11) is -3.65. The van der Waals surface area contributed by atoms with Crippen molar-refractivity contribution in [2.24, 2.45) is 0 Å². The van der Waals surface area contributed by atoms with Crippen LogP contribution in [0.15, 0.2) is 33.7 Å². The van der Waals surface area contributed by atoms with E-state index >= 15 is 0 Å². The molecule has 0 aliphatic carbocycles. The van der Waals surface area contributed by atoms with Crippen molar-refractivity contribution >= 4 is 27.5 Å². The van der Waals surface area contributed by atoms with Gasteiger partial charge in [-0.2, -0.15) is 4.31 Å². The molecular weight excluding hydrogens is 416 g/mol. The van der Waals surface area contributed by atoms with E-state index in [-0.39, 0.29) is 23.4 Å². The molecule has 0 saturated carbocycles. The Hall–Kier alpha value is -1.94. The van der Waals surface area contributed by atoms with Crippen LogP contribution in [-0.4, -0.2) is 61.4 Å². The van der Waals surface area contributed by atoms with Crippen LogP contribution in [0.1, 0.15) is 30.0 Å². The molecular formula is C19H25ClN4O4S. The molecule has 2 aromatic rings. The second-order valence-electron chi connectivity index (χ2n) is 7.17. The van der Waals surface area contributed by atoms with Crippen molar-refractivity contribution in [2.45, 2.75) is 31.7 Å². The quantitative estimate of drug-likeness (QED) is 0.739. The zero-order valence-electron chi connectivity index (χ0n) is 16.7. The molecule has 1 N–H and O–H groups in total. The second-order valence-corrected chi connectivity index (χ2v) is 9.49. The van der Waals surface area contributed by atoms with Gasteiger partial charge in [0.2, 0.25) is 15.9 Å². The summed E-state index contributed by atoms with van der Waals surface area (Å²) < 4.78 is 32.1. The third kappa shape index (κ3) is 4.98. The van der Waals surface area contributed by atoms with Gasteiger partial charge in [-0.15, -0.1) is 0 Å². The SMILES string of the molecule is Cc1noc(C)c1S(=O)(=O)N1CCN(CC(=O)NC(C)c2ccc(Cl)cc2)CC1. The maximum Gasteiger partial charge on any atom is 0.248 e. The van der Waals surface area contributed by atoms with E-state index in [1.807, 2.05) is 24.0 Å². The van der Waals surface area contributed by atoms with Crippen molar-refractivity contribution in [1.82, 2.24) is 19.7 Å². The smallest absolute Gasteiger partial charge is 0.248 e. The van der Waals surface area contributed by atoms with Crippen molar-refractivity contribution in [3.05, 3.63) is 46.3 Å². The van der Waals surface area contributed by atoms with Gasteiger partial charge in [0.15, 0.2) is 5.76 Å². The number of rotatable bonds is 6. The molecule has 29 heavy (non-hydrogen) atoms. The number of amides is 1. The van der Waals surface area contributed by atoms with Crippen LogP contribution >= 0.6 is 11.6 Å². The standard InChI is InChI=1S/C19H25ClN4O4S/c1-13(16-4-6-17(20)7-5-16)21-18(25)12-23-8-10-24(11-9-23)29(26,27)19-14(2)22-28-15(19)3/h4-7,13H,8-12H2,1-3H3,(H,21,25). The second kappa shape index (κ2) is 8.83. The number of hydrogen-bond donors (Lipinski definition) is 1. The van der Waals surface area contributed by atoms with Gasteiger partial charge in [-0.05, 0) is 38.5 Å². The number of carbonyl (C=O) groups excluding carboxylic acids is 1. The van der Waals surface area contributed by atoms with Crippen LogP contribution in [-0.2, 0) is 14.8 Å².